The lowest BCUT2D eigenvalue weighted by Crippen LogP contribution is -2.27. The van der Waals surface area contributed by atoms with Gasteiger partial charge in [-0.15, -0.1) is 0 Å². The molecule has 1 N–H and O–H groups in total. The Balaban J connectivity index is 2.30. The number of hydrogen-bond acceptors (Lipinski definition) is 4. The summed E-state index contributed by atoms with van der Waals surface area (Å²) in [5.41, 5.74) is 0.938. The van der Waals surface area contributed by atoms with Gasteiger partial charge in [-0.05, 0) is 17.7 Å². The summed E-state index contributed by atoms with van der Waals surface area (Å²) in [6.45, 7) is 0.321. The van der Waals surface area contributed by atoms with Crippen LogP contribution in [-0.2, 0) is 16.6 Å². The second kappa shape index (κ2) is 6.02. The van der Waals surface area contributed by atoms with Crippen LogP contribution < -0.4 is 5.32 Å². The molecule has 2 aromatic rings. The predicted octanol–water partition coefficient (Wildman–Crippen LogP) is 1.94. The van der Waals surface area contributed by atoms with E-state index in [1.165, 1.54) is 4.31 Å². The first-order valence-electron chi connectivity index (χ1n) is 6.18. The average Bonchev–Trinajstić information content (AvgIpc) is 2.48. The van der Waals surface area contributed by atoms with Gasteiger partial charge in [0.15, 0.2) is 0 Å². The van der Waals surface area contributed by atoms with Gasteiger partial charge in [-0.25, -0.2) is 13.4 Å². The minimum absolute atomic E-state index is 0.181. The van der Waals surface area contributed by atoms with Gasteiger partial charge in [-0.2, -0.15) is 4.31 Å². The molecule has 106 valence electrons. The van der Waals surface area contributed by atoms with Gasteiger partial charge in [0.1, 0.15) is 10.7 Å². The third-order valence-electron chi connectivity index (χ3n) is 2.94. The normalized spacial score (nSPS) is 11.6. The maximum Gasteiger partial charge on any atom is 0.246 e. The lowest BCUT2D eigenvalue weighted by Gasteiger charge is -2.18. The molecule has 0 radical (unpaired) electrons. The van der Waals surface area contributed by atoms with Gasteiger partial charge in [-0.3, -0.25) is 0 Å². The summed E-state index contributed by atoms with van der Waals surface area (Å²) >= 11 is 0. The minimum Gasteiger partial charge on any atom is -0.372 e. The molecule has 0 saturated heterocycles. The van der Waals surface area contributed by atoms with Gasteiger partial charge in [0, 0.05) is 26.8 Å². The SMILES string of the molecule is CNc1ncccc1S(=O)(=O)N(C)Cc1ccccc1. The van der Waals surface area contributed by atoms with Crippen LogP contribution in [0.3, 0.4) is 0 Å². The van der Waals surface area contributed by atoms with Crippen molar-refractivity contribution >= 4 is 15.8 Å². The number of benzene rings is 1. The van der Waals surface area contributed by atoms with E-state index < -0.39 is 10.0 Å². The van der Waals surface area contributed by atoms with Crippen molar-refractivity contribution in [3.05, 3.63) is 54.2 Å². The molecule has 0 saturated carbocycles. The van der Waals surface area contributed by atoms with Crippen molar-refractivity contribution in [1.82, 2.24) is 9.29 Å². The molecule has 0 aliphatic carbocycles. The van der Waals surface area contributed by atoms with E-state index in [4.69, 9.17) is 0 Å². The first-order chi connectivity index (χ1) is 9.55. The highest BCUT2D eigenvalue weighted by Gasteiger charge is 2.24. The number of aromatic nitrogens is 1. The molecule has 0 bridgehead atoms. The zero-order chi connectivity index (χ0) is 14.6. The van der Waals surface area contributed by atoms with Gasteiger partial charge in [0.25, 0.3) is 0 Å². The zero-order valence-electron chi connectivity index (χ0n) is 11.4. The van der Waals surface area contributed by atoms with Gasteiger partial charge in [0.05, 0.1) is 0 Å². The number of rotatable bonds is 5. The predicted molar refractivity (Wildman–Crippen MR) is 78.9 cm³/mol. The van der Waals surface area contributed by atoms with Crippen molar-refractivity contribution in [2.75, 3.05) is 19.4 Å². The summed E-state index contributed by atoms with van der Waals surface area (Å²) in [5, 5.41) is 2.80. The summed E-state index contributed by atoms with van der Waals surface area (Å²) in [6, 6.07) is 12.6. The van der Waals surface area contributed by atoms with Crippen LogP contribution in [0.25, 0.3) is 0 Å². The molecule has 20 heavy (non-hydrogen) atoms. The lowest BCUT2D eigenvalue weighted by molar-refractivity contribution is 0.467. The molecule has 0 aliphatic heterocycles. The molecule has 1 heterocycles. The largest absolute Gasteiger partial charge is 0.372 e. The Morgan fingerprint density at radius 1 is 1.15 bits per heavy atom. The van der Waals surface area contributed by atoms with E-state index in [-0.39, 0.29) is 4.90 Å². The zero-order valence-corrected chi connectivity index (χ0v) is 12.3. The van der Waals surface area contributed by atoms with Crippen LogP contribution in [0.1, 0.15) is 5.56 Å². The molecule has 0 amide bonds. The van der Waals surface area contributed by atoms with Gasteiger partial charge in [0.2, 0.25) is 10.0 Å². The topological polar surface area (TPSA) is 62.3 Å². The minimum atomic E-state index is -3.57. The second-order valence-corrected chi connectivity index (χ2v) is 6.36. The fraction of sp³-hybridized carbons (Fsp3) is 0.214. The number of nitrogens with zero attached hydrogens (tertiary/aromatic N) is 2. The van der Waals surface area contributed by atoms with E-state index >= 15 is 0 Å². The molecule has 0 unspecified atom stereocenters. The van der Waals surface area contributed by atoms with Crippen molar-refractivity contribution in [2.45, 2.75) is 11.4 Å². The van der Waals surface area contributed by atoms with Crippen LogP contribution in [0, 0.1) is 0 Å². The summed E-state index contributed by atoms with van der Waals surface area (Å²) in [6.07, 6.45) is 1.56. The summed E-state index contributed by atoms with van der Waals surface area (Å²) < 4.78 is 26.4. The molecule has 5 nitrogen and oxygen atoms in total. The molecule has 0 spiro atoms. The average molecular weight is 291 g/mol. The lowest BCUT2D eigenvalue weighted by atomic mass is 10.2. The molecule has 1 aromatic heterocycles. The van der Waals surface area contributed by atoms with E-state index in [1.54, 1.807) is 32.4 Å². The number of anilines is 1. The highest BCUT2D eigenvalue weighted by atomic mass is 32.2. The Morgan fingerprint density at radius 2 is 1.85 bits per heavy atom. The molecule has 0 atom stereocenters. The van der Waals surface area contributed by atoms with E-state index in [9.17, 15) is 8.42 Å². The smallest absolute Gasteiger partial charge is 0.246 e. The third kappa shape index (κ3) is 2.97. The monoisotopic (exact) mass is 291 g/mol. The number of nitrogens with one attached hydrogen (secondary N) is 1. The highest BCUT2D eigenvalue weighted by molar-refractivity contribution is 7.89. The molecular weight excluding hydrogens is 274 g/mol. The van der Waals surface area contributed by atoms with Crippen molar-refractivity contribution in [1.29, 1.82) is 0 Å². The number of sulfonamides is 1. The van der Waals surface area contributed by atoms with Crippen LogP contribution in [0.4, 0.5) is 5.82 Å². The van der Waals surface area contributed by atoms with E-state index in [1.807, 2.05) is 30.3 Å². The fourth-order valence-corrected chi connectivity index (χ4v) is 3.18. The van der Waals surface area contributed by atoms with Gasteiger partial charge in [-0.1, -0.05) is 30.3 Å². The van der Waals surface area contributed by atoms with Crippen molar-refractivity contribution in [3.8, 4) is 0 Å². The molecule has 6 heteroatoms. The van der Waals surface area contributed by atoms with Crippen molar-refractivity contribution in [3.63, 3.8) is 0 Å². The van der Waals surface area contributed by atoms with Crippen LogP contribution >= 0.6 is 0 Å². The first kappa shape index (κ1) is 14.5. The third-order valence-corrected chi connectivity index (χ3v) is 4.78. The molecule has 0 fully saturated rings. The summed E-state index contributed by atoms with van der Waals surface area (Å²) in [4.78, 5) is 4.22. The maximum atomic E-state index is 12.6. The van der Waals surface area contributed by atoms with Crippen LogP contribution in [-0.4, -0.2) is 31.8 Å². The highest BCUT2D eigenvalue weighted by Crippen LogP contribution is 2.22. The number of pyridine rings is 1. The summed E-state index contributed by atoms with van der Waals surface area (Å²) in [7, 11) is -0.356. The van der Waals surface area contributed by atoms with E-state index in [2.05, 4.69) is 10.3 Å². The Bertz CT molecular complexity index is 672. The maximum absolute atomic E-state index is 12.6. The van der Waals surface area contributed by atoms with E-state index in [0.717, 1.165) is 5.56 Å². The van der Waals surface area contributed by atoms with Gasteiger partial charge >= 0.3 is 0 Å². The van der Waals surface area contributed by atoms with Gasteiger partial charge < -0.3 is 5.32 Å². The van der Waals surface area contributed by atoms with Crippen LogP contribution in [0.2, 0.25) is 0 Å². The fourth-order valence-electron chi connectivity index (χ4n) is 1.88. The Morgan fingerprint density at radius 3 is 2.50 bits per heavy atom. The van der Waals surface area contributed by atoms with Crippen molar-refractivity contribution in [2.24, 2.45) is 0 Å². The summed E-state index contributed by atoms with van der Waals surface area (Å²) in [5.74, 6) is 0.354. The Hall–Kier alpha value is -1.92. The second-order valence-electron chi connectivity index (χ2n) is 4.35. The Kier molecular flexibility index (Phi) is 4.36. The first-order valence-corrected chi connectivity index (χ1v) is 7.62. The number of hydrogen-bond donors (Lipinski definition) is 1. The quantitative estimate of drug-likeness (QED) is 0.914. The standard InChI is InChI=1S/C14H17N3O2S/c1-15-14-13(9-6-10-16-14)20(18,19)17(2)11-12-7-4-3-5-8-12/h3-10H,11H2,1-2H3,(H,15,16). The van der Waals surface area contributed by atoms with Crippen LogP contribution in [0.15, 0.2) is 53.6 Å². The van der Waals surface area contributed by atoms with Crippen LogP contribution in [0.5, 0.6) is 0 Å². The van der Waals surface area contributed by atoms with E-state index in [0.29, 0.717) is 12.4 Å². The molecule has 1 aromatic carbocycles. The molecule has 2 rings (SSSR count). The van der Waals surface area contributed by atoms with Crippen molar-refractivity contribution < 1.29 is 8.42 Å². The Labute approximate surface area is 119 Å². The molecular formula is C14H17N3O2S. The molecule has 0 aliphatic rings.